The van der Waals surface area contributed by atoms with Crippen LogP contribution in [0.3, 0.4) is 0 Å². The van der Waals surface area contributed by atoms with Crippen LogP contribution in [0.2, 0.25) is 0 Å². The van der Waals surface area contributed by atoms with Gasteiger partial charge in [0.05, 0.1) is 19.4 Å². The van der Waals surface area contributed by atoms with Crippen LogP contribution in [0.25, 0.3) is 22.3 Å². The number of hydrogen-bond donors (Lipinski definition) is 4. The lowest BCUT2D eigenvalue weighted by Crippen LogP contribution is -2.33. The van der Waals surface area contributed by atoms with Gasteiger partial charge in [-0.1, -0.05) is 109 Å². The summed E-state index contributed by atoms with van der Waals surface area (Å²) < 4.78 is 9.67. The molecule has 0 aliphatic rings. The second-order valence-corrected chi connectivity index (χ2v) is 12.6. The van der Waals surface area contributed by atoms with Gasteiger partial charge < -0.3 is 25.4 Å². The van der Waals surface area contributed by atoms with Crippen LogP contribution in [0.5, 0.6) is 0 Å². The number of nitrogens with zero attached hydrogens (tertiary/aromatic N) is 2. The predicted molar refractivity (Wildman–Crippen MR) is 202 cm³/mol. The number of aromatic amines is 1. The third kappa shape index (κ3) is 13.2. The van der Waals surface area contributed by atoms with Gasteiger partial charge in [-0.3, -0.25) is 4.79 Å². The number of aliphatic hydroxyl groups excluding tert-OH is 2. The molecule has 0 aliphatic heterocycles. The Balaban J connectivity index is 0.000000245. The number of esters is 2. The normalized spacial score (nSPS) is 13.1. The Morgan fingerprint density at radius 1 is 0.660 bits per heavy atom. The van der Waals surface area contributed by atoms with Crippen molar-refractivity contribution in [3.8, 4) is 22.3 Å². The summed E-state index contributed by atoms with van der Waals surface area (Å²) in [6, 6.07) is 36.1. The lowest BCUT2D eigenvalue weighted by Gasteiger charge is -2.19. The van der Waals surface area contributed by atoms with Crippen LogP contribution in [0.4, 0.5) is 0 Å². The number of ether oxygens (including phenoxy) is 2. The minimum atomic E-state index is -1.27. The maximum Gasteiger partial charge on any atom is 0.335 e. The summed E-state index contributed by atoms with van der Waals surface area (Å²) in [4.78, 5) is 35.8. The largest absolute Gasteiger partial charge is 0.464 e. The highest BCUT2D eigenvalue weighted by Gasteiger charge is 2.25. The molecule has 11 heteroatoms. The zero-order chi connectivity index (χ0) is 38.0. The quantitative estimate of drug-likeness (QED) is 0.0683. The molecule has 53 heavy (non-hydrogen) atoms. The molecule has 5 aromatic rings. The topological polar surface area (TPSA) is 178 Å². The first-order valence-electron chi connectivity index (χ1n) is 17.8. The number of H-pyrrole nitrogens is 1. The highest BCUT2D eigenvalue weighted by atomic mass is 16.5. The van der Waals surface area contributed by atoms with Crippen molar-refractivity contribution >= 4 is 17.7 Å². The molecular weight excluding hydrogens is 672 g/mol. The molecule has 0 spiro atoms. The molecule has 4 aromatic carbocycles. The Hall–Kier alpha value is -5.49. The van der Waals surface area contributed by atoms with Crippen molar-refractivity contribution in [1.29, 1.82) is 0 Å². The molecule has 0 saturated heterocycles. The Labute approximate surface area is 310 Å². The average molecular weight is 721 g/mol. The van der Waals surface area contributed by atoms with Crippen molar-refractivity contribution in [2.75, 3.05) is 13.2 Å². The van der Waals surface area contributed by atoms with Gasteiger partial charge in [0.1, 0.15) is 5.69 Å². The van der Waals surface area contributed by atoms with Gasteiger partial charge in [0.25, 0.3) is 0 Å². The van der Waals surface area contributed by atoms with E-state index in [1.54, 1.807) is 13.8 Å². The first-order valence-corrected chi connectivity index (χ1v) is 17.8. The van der Waals surface area contributed by atoms with Crippen molar-refractivity contribution in [3.63, 3.8) is 0 Å². The SMILES string of the molecule is CCOC(=O)[C@H](O)C[C@H](CC(=O)c1cn[nH]n1)Cc1ccc(-c2ccccc2)cc1.CCOC(=O)[C@H](O)C[C@H](N)Cc1ccc(-c2ccccc2)cc1. The summed E-state index contributed by atoms with van der Waals surface area (Å²) in [5, 5.41) is 29.9. The Bertz CT molecular complexity index is 1820. The molecule has 5 N–H and O–H groups in total. The van der Waals surface area contributed by atoms with Crippen LogP contribution in [-0.2, 0) is 31.9 Å². The molecule has 278 valence electrons. The number of carbonyl (C=O) groups is 3. The van der Waals surface area contributed by atoms with E-state index in [9.17, 15) is 24.6 Å². The maximum absolute atomic E-state index is 12.5. The van der Waals surface area contributed by atoms with Crippen molar-refractivity contribution in [3.05, 3.63) is 132 Å². The Morgan fingerprint density at radius 3 is 1.57 bits per heavy atom. The fourth-order valence-electron chi connectivity index (χ4n) is 5.86. The number of benzene rings is 4. The second-order valence-electron chi connectivity index (χ2n) is 12.6. The Kier molecular flexibility index (Phi) is 16.1. The van der Waals surface area contributed by atoms with Crippen molar-refractivity contribution in [2.24, 2.45) is 11.7 Å². The third-order valence-corrected chi connectivity index (χ3v) is 8.52. The number of Topliss-reactive ketones (excluding diaryl/α,β-unsaturated/α-hetero) is 1. The van der Waals surface area contributed by atoms with Crippen LogP contribution >= 0.6 is 0 Å². The average Bonchev–Trinajstić information content (AvgIpc) is 3.72. The molecule has 11 nitrogen and oxygen atoms in total. The van der Waals surface area contributed by atoms with E-state index in [0.29, 0.717) is 12.8 Å². The molecule has 0 fully saturated rings. The van der Waals surface area contributed by atoms with Gasteiger partial charge in [-0.2, -0.15) is 15.4 Å². The van der Waals surface area contributed by atoms with E-state index >= 15 is 0 Å². The lowest BCUT2D eigenvalue weighted by molar-refractivity contribution is -0.154. The monoisotopic (exact) mass is 720 g/mol. The number of ketones is 1. The highest BCUT2D eigenvalue weighted by molar-refractivity contribution is 5.94. The molecule has 0 aliphatic carbocycles. The predicted octanol–water partition coefficient (Wildman–Crippen LogP) is 5.76. The van der Waals surface area contributed by atoms with Crippen molar-refractivity contribution in [2.45, 2.75) is 64.2 Å². The van der Waals surface area contributed by atoms with E-state index < -0.39 is 24.1 Å². The minimum Gasteiger partial charge on any atom is -0.464 e. The van der Waals surface area contributed by atoms with Gasteiger partial charge in [-0.05, 0) is 78.8 Å². The van der Waals surface area contributed by atoms with Gasteiger partial charge in [0.15, 0.2) is 18.0 Å². The van der Waals surface area contributed by atoms with E-state index in [1.165, 1.54) is 11.8 Å². The lowest BCUT2D eigenvalue weighted by atomic mass is 9.88. The number of aliphatic hydroxyl groups is 2. The summed E-state index contributed by atoms with van der Waals surface area (Å²) in [6.07, 6.45) is 0.541. The molecule has 0 amide bonds. The second kappa shape index (κ2) is 21.1. The highest BCUT2D eigenvalue weighted by Crippen LogP contribution is 2.24. The van der Waals surface area contributed by atoms with Gasteiger partial charge in [0.2, 0.25) is 0 Å². The van der Waals surface area contributed by atoms with Gasteiger partial charge in [-0.25, -0.2) is 9.59 Å². The zero-order valence-electron chi connectivity index (χ0n) is 30.1. The van der Waals surface area contributed by atoms with E-state index in [4.69, 9.17) is 15.2 Å². The number of aromatic nitrogens is 3. The number of nitrogens with one attached hydrogen (secondary N) is 1. The maximum atomic E-state index is 12.5. The molecular formula is C42H48N4O7. The number of nitrogens with two attached hydrogens (primary N) is 1. The van der Waals surface area contributed by atoms with Crippen LogP contribution in [0, 0.1) is 5.92 Å². The van der Waals surface area contributed by atoms with Crippen LogP contribution in [0.15, 0.2) is 115 Å². The van der Waals surface area contributed by atoms with E-state index in [-0.39, 0.29) is 55.9 Å². The van der Waals surface area contributed by atoms with Crippen molar-refractivity contribution < 1.29 is 34.1 Å². The summed E-state index contributed by atoms with van der Waals surface area (Å²) in [5.41, 5.74) is 12.9. The molecule has 5 rings (SSSR count). The Morgan fingerprint density at radius 2 is 1.11 bits per heavy atom. The van der Waals surface area contributed by atoms with Crippen LogP contribution < -0.4 is 5.73 Å². The molecule has 1 heterocycles. The van der Waals surface area contributed by atoms with E-state index in [1.807, 2.05) is 84.9 Å². The van der Waals surface area contributed by atoms with Gasteiger partial charge in [0, 0.05) is 12.5 Å². The number of carbonyl (C=O) groups excluding carboxylic acids is 3. The molecule has 0 bridgehead atoms. The van der Waals surface area contributed by atoms with E-state index in [0.717, 1.165) is 27.8 Å². The minimum absolute atomic E-state index is 0.128. The summed E-state index contributed by atoms with van der Waals surface area (Å²) in [6.45, 7) is 3.84. The summed E-state index contributed by atoms with van der Waals surface area (Å²) >= 11 is 0. The fraction of sp³-hybridized carbons (Fsp3) is 0.310. The fourth-order valence-corrected chi connectivity index (χ4v) is 5.86. The third-order valence-electron chi connectivity index (χ3n) is 8.52. The summed E-state index contributed by atoms with van der Waals surface area (Å²) in [5.74, 6) is -1.72. The molecule has 1 aromatic heterocycles. The number of hydrogen-bond acceptors (Lipinski definition) is 10. The molecule has 0 saturated carbocycles. The molecule has 0 radical (unpaired) electrons. The van der Waals surface area contributed by atoms with Gasteiger partial charge in [-0.15, -0.1) is 0 Å². The van der Waals surface area contributed by atoms with Crippen LogP contribution in [-0.4, -0.2) is 74.8 Å². The van der Waals surface area contributed by atoms with Gasteiger partial charge >= 0.3 is 11.9 Å². The summed E-state index contributed by atoms with van der Waals surface area (Å²) in [7, 11) is 0. The van der Waals surface area contributed by atoms with E-state index in [2.05, 4.69) is 39.7 Å². The van der Waals surface area contributed by atoms with Crippen molar-refractivity contribution in [1.82, 2.24) is 15.4 Å². The molecule has 4 atom stereocenters. The standard InChI is InChI=1S/C23H25N3O4.C19H23NO3/c1-2-30-23(29)22(28)14-17(13-21(27)20-15-24-26-25-20)12-16-8-10-19(11-9-16)18-6-4-3-5-7-18;1-2-23-19(22)18(21)13-17(20)12-14-8-10-16(11-9-14)15-6-4-3-5-7-15/h3-11,15,17,22,28H,2,12-14H2,1H3,(H,24,25,26);3-11,17-18,21H,2,12-13,20H2,1H3/t17-,22+;17-,18-/m01/s1. The number of rotatable bonds is 17. The van der Waals surface area contributed by atoms with Crippen LogP contribution in [0.1, 0.15) is 54.7 Å². The zero-order valence-corrected chi connectivity index (χ0v) is 30.1. The smallest absolute Gasteiger partial charge is 0.335 e. The first kappa shape index (κ1) is 40.3. The molecule has 0 unspecified atom stereocenters. The first-order chi connectivity index (χ1) is 25.7.